The van der Waals surface area contributed by atoms with Crippen molar-refractivity contribution in [3.8, 4) is 0 Å². The Hall–Kier alpha value is -1.13. The summed E-state index contributed by atoms with van der Waals surface area (Å²) in [6.45, 7) is 2.65. The Labute approximate surface area is 119 Å². The Bertz CT molecular complexity index is 551. The maximum absolute atomic E-state index is 12.3. The van der Waals surface area contributed by atoms with Crippen molar-refractivity contribution in [2.75, 3.05) is 7.05 Å². The summed E-state index contributed by atoms with van der Waals surface area (Å²) < 4.78 is 0.852. The molecular weight excluding hydrogens is 310 g/mol. The Morgan fingerprint density at radius 2 is 2.17 bits per heavy atom. The second kappa shape index (κ2) is 5.67. The van der Waals surface area contributed by atoms with Gasteiger partial charge >= 0.3 is 0 Å². The molecule has 0 N–H and O–H groups in total. The molecule has 0 atom stereocenters. The second-order valence-corrected chi connectivity index (χ2v) is 5.91. The molecule has 1 heterocycles. The lowest BCUT2D eigenvalue weighted by molar-refractivity contribution is 0.0784. The van der Waals surface area contributed by atoms with Gasteiger partial charge in [0, 0.05) is 18.1 Å². The molecule has 0 radical (unpaired) electrons. The molecule has 0 aliphatic carbocycles. The molecule has 2 aromatic rings. The van der Waals surface area contributed by atoms with Crippen LogP contribution in [0.3, 0.4) is 0 Å². The minimum Gasteiger partial charge on any atom is -0.337 e. The predicted octanol–water partition coefficient (Wildman–Crippen LogP) is 4.09. The van der Waals surface area contributed by atoms with E-state index in [-0.39, 0.29) is 5.91 Å². The first-order valence-corrected chi connectivity index (χ1v) is 7.34. The van der Waals surface area contributed by atoms with E-state index >= 15 is 0 Å². The Morgan fingerprint density at radius 3 is 2.78 bits per heavy atom. The number of nitrogens with zero attached hydrogens (tertiary/aromatic N) is 1. The number of hydrogen-bond acceptors (Lipinski definition) is 2. The zero-order chi connectivity index (χ0) is 13.1. The highest BCUT2D eigenvalue weighted by Gasteiger charge is 2.15. The van der Waals surface area contributed by atoms with Crippen LogP contribution in [0.25, 0.3) is 0 Å². The van der Waals surface area contributed by atoms with Crippen molar-refractivity contribution in [3.63, 3.8) is 0 Å². The number of hydrogen-bond donors (Lipinski definition) is 0. The van der Waals surface area contributed by atoms with Crippen molar-refractivity contribution < 1.29 is 4.79 Å². The minimum absolute atomic E-state index is 0.0353. The van der Waals surface area contributed by atoms with Gasteiger partial charge < -0.3 is 4.90 Å². The van der Waals surface area contributed by atoms with Gasteiger partial charge in [-0.15, -0.1) is 0 Å². The van der Waals surface area contributed by atoms with E-state index in [4.69, 9.17) is 0 Å². The Kier molecular flexibility index (Phi) is 4.19. The first kappa shape index (κ1) is 13.3. The summed E-state index contributed by atoms with van der Waals surface area (Å²) in [5.74, 6) is 0.0353. The van der Waals surface area contributed by atoms with E-state index in [1.165, 1.54) is 5.56 Å². The molecule has 18 heavy (non-hydrogen) atoms. The van der Waals surface area contributed by atoms with Crippen LogP contribution in [-0.2, 0) is 6.54 Å². The van der Waals surface area contributed by atoms with Crippen LogP contribution in [0.15, 0.2) is 39.5 Å². The summed E-state index contributed by atoms with van der Waals surface area (Å²) >= 11 is 5.10. The number of aryl methyl sites for hydroxylation is 1. The van der Waals surface area contributed by atoms with Crippen molar-refractivity contribution in [3.05, 3.63) is 56.2 Å². The number of carbonyl (C=O) groups is 1. The molecule has 1 aromatic carbocycles. The fourth-order valence-electron chi connectivity index (χ4n) is 1.73. The molecule has 2 nitrogen and oxygen atoms in total. The molecule has 0 saturated heterocycles. The number of halogens is 1. The molecular formula is C14H14BrNOS. The molecule has 0 bridgehead atoms. The van der Waals surface area contributed by atoms with Crippen LogP contribution < -0.4 is 0 Å². The van der Waals surface area contributed by atoms with Crippen LogP contribution in [0.5, 0.6) is 0 Å². The summed E-state index contributed by atoms with van der Waals surface area (Å²) in [6.07, 6.45) is 0. The average Bonchev–Trinajstić information content (AvgIpc) is 2.81. The van der Waals surface area contributed by atoms with E-state index in [0.717, 1.165) is 10.0 Å². The highest BCUT2D eigenvalue weighted by molar-refractivity contribution is 9.10. The summed E-state index contributed by atoms with van der Waals surface area (Å²) in [6, 6.07) is 7.83. The fourth-order valence-corrected chi connectivity index (χ4v) is 3.05. The monoisotopic (exact) mass is 323 g/mol. The molecule has 0 fully saturated rings. The van der Waals surface area contributed by atoms with Gasteiger partial charge in [-0.3, -0.25) is 4.79 Å². The molecule has 94 valence electrons. The van der Waals surface area contributed by atoms with Gasteiger partial charge in [0.25, 0.3) is 5.91 Å². The molecule has 0 aliphatic rings. The molecule has 1 amide bonds. The van der Waals surface area contributed by atoms with Gasteiger partial charge in [-0.25, -0.2) is 0 Å². The van der Waals surface area contributed by atoms with Crippen molar-refractivity contribution >= 4 is 33.2 Å². The lowest BCUT2D eigenvalue weighted by Crippen LogP contribution is -2.26. The highest BCUT2D eigenvalue weighted by atomic mass is 79.9. The third-order valence-corrected chi connectivity index (χ3v) is 4.09. The lowest BCUT2D eigenvalue weighted by Gasteiger charge is -2.17. The molecule has 0 aliphatic heterocycles. The van der Waals surface area contributed by atoms with Crippen molar-refractivity contribution in [2.45, 2.75) is 13.5 Å². The van der Waals surface area contributed by atoms with E-state index in [2.05, 4.69) is 21.3 Å². The normalized spacial score (nSPS) is 10.4. The largest absolute Gasteiger partial charge is 0.337 e. The van der Waals surface area contributed by atoms with Gasteiger partial charge in [-0.1, -0.05) is 6.07 Å². The maximum Gasteiger partial charge on any atom is 0.255 e. The van der Waals surface area contributed by atoms with Gasteiger partial charge in [-0.05, 0) is 62.9 Å². The summed E-state index contributed by atoms with van der Waals surface area (Å²) in [5, 5.41) is 4.09. The molecule has 0 unspecified atom stereocenters. The van der Waals surface area contributed by atoms with Gasteiger partial charge in [-0.2, -0.15) is 11.3 Å². The first-order valence-electron chi connectivity index (χ1n) is 5.60. The predicted molar refractivity (Wildman–Crippen MR) is 79.0 cm³/mol. The number of thiophene rings is 1. The van der Waals surface area contributed by atoms with Crippen molar-refractivity contribution in [1.82, 2.24) is 4.90 Å². The van der Waals surface area contributed by atoms with Crippen molar-refractivity contribution in [1.29, 1.82) is 0 Å². The van der Waals surface area contributed by atoms with E-state index in [1.54, 1.807) is 16.2 Å². The third kappa shape index (κ3) is 3.00. The summed E-state index contributed by atoms with van der Waals surface area (Å²) in [4.78, 5) is 14.0. The molecule has 4 heteroatoms. The van der Waals surface area contributed by atoms with E-state index < -0.39 is 0 Å². The Morgan fingerprint density at radius 1 is 1.39 bits per heavy atom. The number of carbonyl (C=O) groups excluding carboxylic acids is 1. The number of amides is 1. The van der Waals surface area contributed by atoms with Gasteiger partial charge in [0.05, 0.1) is 5.56 Å². The van der Waals surface area contributed by atoms with E-state index in [1.807, 2.05) is 43.6 Å². The van der Waals surface area contributed by atoms with Crippen LogP contribution in [-0.4, -0.2) is 17.9 Å². The van der Waals surface area contributed by atoms with E-state index in [0.29, 0.717) is 12.1 Å². The third-order valence-electron chi connectivity index (χ3n) is 2.70. The SMILES string of the molecule is Cc1ccc(C(=O)N(C)Cc2ccsc2)c(Br)c1. The van der Waals surface area contributed by atoms with Crippen LogP contribution in [0, 0.1) is 6.92 Å². The quantitative estimate of drug-likeness (QED) is 0.833. The Balaban J connectivity index is 2.15. The number of benzene rings is 1. The van der Waals surface area contributed by atoms with Crippen LogP contribution in [0.1, 0.15) is 21.5 Å². The summed E-state index contributed by atoms with van der Waals surface area (Å²) in [5.41, 5.74) is 3.01. The zero-order valence-corrected chi connectivity index (χ0v) is 12.7. The molecule has 0 spiro atoms. The standard InChI is InChI=1S/C14H14BrNOS/c1-10-3-4-12(13(15)7-10)14(17)16(2)8-11-5-6-18-9-11/h3-7,9H,8H2,1-2H3. The van der Waals surface area contributed by atoms with Crippen LogP contribution in [0.4, 0.5) is 0 Å². The smallest absolute Gasteiger partial charge is 0.255 e. The maximum atomic E-state index is 12.3. The molecule has 1 aromatic heterocycles. The number of rotatable bonds is 3. The minimum atomic E-state index is 0.0353. The molecule has 0 saturated carbocycles. The molecule has 2 rings (SSSR count). The lowest BCUT2D eigenvalue weighted by atomic mass is 10.1. The highest BCUT2D eigenvalue weighted by Crippen LogP contribution is 2.20. The second-order valence-electron chi connectivity index (χ2n) is 4.28. The topological polar surface area (TPSA) is 20.3 Å². The zero-order valence-electron chi connectivity index (χ0n) is 10.3. The van der Waals surface area contributed by atoms with Gasteiger partial charge in [0.15, 0.2) is 0 Å². The van der Waals surface area contributed by atoms with E-state index in [9.17, 15) is 4.79 Å². The van der Waals surface area contributed by atoms with Crippen LogP contribution in [0.2, 0.25) is 0 Å². The first-order chi connectivity index (χ1) is 8.58. The van der Waals surface area contributed by atoms with Crippen LogP contribution >= 0.6 is 27.3 Å². The van der Waals surface area contributed by atoms with Gasteiger partial charge in [0.1, 0.15) is 0 Å². The van der Waals surface area contributed by atoms with Gasteiger partial charge in [0.2, 0.25) is 0 Å². The van der Waals surface area contributed by atoms with Crippen molar-refractivity contribution in [2.24, 2.45) is 0 Å². The fraction of sp³-hybridized carbons (Fsp3) is 0.214. The average molecular weight is 324 g/mol. The summed E-state index contributed by atoms with van der Waals surface area (Å²) in [7, 11) is 1.83.